The van der Waals surface area contributed by atoms with Crippen molar-refractivity contribution in [3.8, 4) is 5.75 Å². The van der Waals surface area contributed by atoms with Crippen LogP contribution in [-0.4, -0.2) is 26.3 Å². The van der Waals surface area contributed by atoms with E-state index in [1.807, 2.05) is 30.7 Å². The van der Waals surface area contributed by atoms with Crippen molar-refractivity contribution in [2.45, 2.75) is 51.7 Å². The Balaban J connectivity index is 1.70. The Kier molecular flexibility index (Phi) is 4.30. The minimum atomic E-state index is -0.303. The summed E-state index contributed by atoms with van der Waals surface area (Å²) in [5, 5.41) is 11.0. The number of carbonyl (C=O) groups is 1. The van der Waals surface area contributed by atoms with Crippen molar-refractivity contribution in [2.75, 3.05) is 0 Å². The van der Waals surface area contributed by atoms with Crippen LogP contribution >= 0.6 is 0 Å². The summed E-state index contributed by atoms with van der Waals surface area (Å²) >= 11 is 0. The lowest BCUT2D eigenvalue weighted by Crippen LogP contribution is -2.41. The van der Waals surface area contributed by atoms with Gasteiger partial charge in [0.05, 0.1) is 6.04 Å². The standard InChI is InChI=1S/C18H24N4O2/c1-12-5-6-13-14(10-18(2,3)24-15(13)9-12)20-17(23)8-7-16-21-19-11-22(16)4/h5-6,9,11,14H,7-8,10H2,1-4H3,(H,20,23)/t14-/m0/s1. The molecule has 0 radical (unpaired) electrons. The molecule has 0 saturated heterocycles. The molecule has 1 aromatic carbocycles. The van der Waals surface area contributed by atoms with Crippen LogP contribution in [0.25, 0.3) is 0 Å². The Morgan fingerprint density at radius 3 is 2.96 bits per heavy atom. The van der Waals surface area contributed by atoms with E-state index in [1.54, 1.807) is 6.33 Å². The van der Waals surface area contributed by atoms with E-state index >= 15 is 0 Å². The highest BCUT2D eigenvalue weighted by Gasteiger charge is 2.34. The summed E-state index contributed by atoms with van der Waals surface area (Å²) < 4.78 is 7.91. The summed E-state index contributed by atoms with van der Waals surface area (Å²) in [5.74, 6) is 1.70. The van der Waals surface area contributed by atoms with Crippen molar-refractivity contribution in [2.24, 2.45) is 7.05 Å². The molecule has 1 aromatic heterocycles. The second-order valence-electron chi connectivity index (χ2n) is 7.09. The van der Waals surface area contributed by atoms with Crippen LogP contribution in [-0.2, 0) is 18.3 Å². The molecule has 0 spiro atoms. The van der Waals surface area contributed by atoms with Gasteiger partial charge in [-0.3, -0.25) is 4.79 Å². The van der Waals surface area contributed by atoms with Crippen molar-refractivity contribution >= 4 is 5.91 Å². The molecule has 0 fully saturated rings. The molecule has 1 amide bonds. The first kappa shape index (κ1) is 16.5. The molecule has 0 unspecified atom stereocenters. The third-order valence-corrected chi connectivity index (χ3v) is 4.34. The highest BCUT2D eigenvalue weighted by molar-refractivity contribution is 5.76. The molecular formula is C18H24N4O2. The minimum absolute atomic E-state index is 0.0206. The van der Waals surface area contributed by atoms with Crippen molar-refractivity contribution in [1.29, 1.82) is 0 Å². The zero-order valence-electron chi connectivity index (χ0n) is 14.7. The van der Waals surface area contributed by atoms with Crippen LogP contribution in [0.5, 0.6) is 5.75 Å². The van der Waals surface area contributed by atoms with Gasteiger partial charge in [-0.05, 0) is 32.4 Å². The van der Waals surface area contributed by atoms with E-state index in [9.17, 15) is 4.79 Å². The molecule has 0 aliphatic carbocycles. The molecule has 24 heavy (non-hydrogen) atoms. The molecule has 3 rings (SSSR count). The summed E-state index contributed by atoms with van der Waals surface area (Å²) in [4.78, 5) is 12.4. The number of ether oxygens (including phenoxy) is 1. The molecule has 0 bridgehead atoms. The maximum atomic E-state index is 12.4. The molecular weight excluding hydrogens is 304 g/mol. The van der Waals surface area contributed by atoms with Crippen LogP contribution in [0.3, 0.4) is 0 Å². The van der Waals surface area contributed by atoms with E-state index in [0.29, 0.717) is 12.8 Å². The molecule has 0 saturated carbocycles. The maximum Gasteiger partial charge on any atom is 0.220 e. The van der Waals surface area contributed by atoms with E-state index in [-0.39, 0.29) is 17.6 Å². The van der Waals surface area contributed by atoms with Gasteiger partial charge in [0.15, 0.2) is 0 Å². The highest BCUT2D eigenvalue weighted by Crippen LogP contribution is 2.39. The van der Waals surface area contributed by atoms with Gasteiger partial charge in [0.1, 0.15) is 23.5 Å². The van der Waals surface area contributed by atoms with Gasteiger partial charge >= 0.3 is 0 Å². The van der Waals surface area contributed by atoms with Crippen molar-refractivity contribution in [3.63, 3.8) is 0 Å². The fourth-order valence-electron chi connectivity index (χ4n) is 3.11. The van der Waals surface area contributed by atoms with E-state index in [0.717, 1.165) is 29.1 Å². The maximum absolute atomic E-state index is 12.4. The first-order valence-corrected chi connectivity index (χ1v) is 8.26. The number of hydrogen-bond acceptors (Lipinski definition) is 4. The molecule has 2 heterocycles. The number of fused-ring (bicyclic) bond motifs is 1. The zero-order chi connectivity index (χ0) is 17.3. The van der Waals surface area contributed by atoms with Crippen molar-refractivity contribution in [1.82, 2.24) is 20.1 Å². The smallest absolute Gasteiger partial charge is 0.220 e. The molecule has 1 aliphatic heterocycles. The average molecular weight is 328 g/mol. The second kappa shape index (κ2) is 6.26. The van der Waals surface area contributed by atoms with E-state index in [2.05, 4.69) is 35.4 Å². The SMILES string of the molecule is Cc1ccc2c(c1)OC(C)(C)C[C@@H]2NC(=O)CCc1nncn1C. The number of nitrogens with zero attached hydrogens (tertiary/aromatic N) is 3. The van der Waals surface area contributed by atoms with E-state index in [4.69, 9.17) is 4.74 Å². The third kappa shape index (κ3) is 3.58. The Hall–Kier alpha value is -2.37. The minimum Gasteiger partial charge on any atom is -0.487 e. The Morgan fingerprint density at radius 1 is 1.46 bits per heavy atom. The summed E-state index contributed by atoms with van der Waals surface area (Å²) in [6.07, 6.45) is 3.37. The second-order valence-corrected chi connectivity index (χ2v) is 7.09. The fourth-order valence-corrected chi connectivity index (χ4v) is 3.11. The first-order valence-electron chi connectivity index (χ1n) is 8.26. The van der Waals surface area contributed by atoms with Gasteiger partial charge in [-0.1, -0.05) is 12.1 Å². The molecule has 2 aromatic rings. The zero-order valence-corrected chi connectivity index (χ0v) is 14.7. The van der Waals surface area contributed by atoms with Gasteiger partial charge in [0.25, 0.3) is 0 Å². The van der Waals surface area contributed by atoms with Crippen LogP contribution in [0.4, 0.5) is 0 Å². The highest BCUT2D eigenvalue weighted by atomic mass is 16.5. The van der Waals surface area contributed by atoms with Crippen LogP contribution in [0.15, 0.2) is 24.5 Å². The van der Waals surface area contributed by atoms with Gasteiger partial charge in [-0.25, -0.2) is 0 Å². The van der Waals surface area contributed by atoms with Gasteiger partial charge in [-0.2, -0.15) is 0 Å². The molecule has 1 N–H and O–H groups in total. The fraction of sp³-hybridized carbons (Fsp3) is 0.500. The molecule has 128 valence electrons. The normalized spacial score (nSPS) is 18.6. The largest absolute Gasteiger partial charge is 0.487 e. The summed E-state index contributed by atoms with van der Waals surface area (Å²) in [5.41, 5.74) is 1.90. The Morgan fingerprint density at radius 2 is 2.25 bits per heavy atom. The average Bonchev–Trinajstić information content (AvgIpc) is 2.88. The summed E-state index contributed by atoms with van der Waals surface area (Å²) in [7, 11) is 1.88. The number of benzene rings is 1. The van der Waals surface area contributed by atoms with Crippen LogP contribution in [0.2, 0.25) is 0 Å². The van der Waals surface area contributed by atoms with Gasteiger partial charge < -0.3 is 14.6 Å². The lowest BCUT2D eigenvalue weighted by molar-refractivity contribution is -0.122. The number of nitrogens with one attached hydrogen (secondary N) is 1. The number of rotatable bonds is 4. The Bertz CT molecular complexity index is 751. The topological polar surface area (TPSA) is 69.0 Å². The van der Waals surface area contributed by atoms with Crippen LogP contribution < -0.4 is 10.1 Å². The number of carbonyl (C=O) groups excluding carboxylic acids is 1. The number of hydrogen-bond donors (Lipinski definition) is 1. The van der Waals surface area contributed by atoms with Gasteiger partial charge in [0.2, 0.25) is 5.91 Å². The number of aryl methyl sites for hydroxylation is 3. The molecule has 6 nitrogen and oxygen atoms in total. The van der Waals surface area contributed by atoms with Crippen molar-refractivity contribution < 1.29 is 9.53 Å². The molecule has 6 heteroatoms. The lowest BCUT2D eigenvalue weighted by atomic mass is 9.89. The summed E-state index contributed by atoms with van der Waals surface area (Å²) in [6, 6.07) is 6.11. The van der Waals surface area contributed by atoms with Gasteiger partial charge in [-0.15, -0.1) is 10.2 Å². The summed E-state index contributed by atoms with van der Waals surface area (Å²) in [6.45, 7) is 6.15. The third-order valence-electron chi connectivity index (χ3n) is 4.34. The predicted octanol–water partition coefficient (Wildman–Crippen LogP) is 2.47. The Labute approximate surface area is 142 Å². The van der Waals surface area contributed by atoms with E-state index < -0.39 is 0 Å². The first-order chi connectivity index (χ1) is 11.3. The molecule has 1 aliphatic rings. The van der Waals surface area contributed by atoms with Crippen LogP contribution in [0, 0.1) is 6.92 Å². The lowest BCUT2D eigenvalue weighted by Gasteiger charge is -2.38. The monoisotopic (exact) mass is 328 g/mol. The number of amides is 1. The van der Waals surface area contributed by atoms with E-state index in [1.165, 1.54) is 0 Å². The van der Waals surface area contributed by atoms with Gasteiger partial charge in [0, 0.05) is 31.9 Å². The quantitative estimate of drug-likeness (QED) is 0.936. The predicted molar refractivity (Wildman–Crippen MR) is 90.7 cm³/mol. The number of aromatic nitrogens is 3. The van der Waals surface area contributed by atoms with Crippen LogP contribution in [0.1, 0.15) is 49.7 Å². The van der Waals surface area contributed by atoms with Crippen molar-refractivity contribution in [3.05, 3.63) is 41.5 Å². The molecule has 1 atom stereocenters.